The molecule has 0 aliphatic heterocycles. The van der Waals surface area contributed by atoms with E-state index in [0.717, 1.165) is 33.4 Å². The number of rotatable bonds is 7. The molecule has 1 aliphatic carbocycles. The minimum Gasteiger partial charge on any atom is -0.481 e. The lowest BCUT2D eigenvalue weighted by Crippen LogP contribution is -2.39. The molecule has 0 heterocycles. The highest BCUT2D eigenvalue weighted by molar-refractivity contribution is 5.79. The van der Waals surface area contributed by atoms with Crippen LogP contribution in [-0.2, 0) is 16.0 Å². The number of carbonyl (C=O) groups excluding carboxylic acids is 1. The van der Waals surface area contributed by atoms with Crippen LogP contribution in [0.1, 0.15) is 34.6 Å². The quantitative estimate of drug-likeness (QED) is 0.574. The minimum absolute atomic E-state index is 0.0341. The zero-order chi connectivity index (χ0) is 21.8. The number of carboxylic acid groups (broad SMARTS) is 1. The summed E-state index contributed by atoms with van der Waals surface area (Å²) in [5.41, 5.74) is 6.70. The van der Waals surface area contributed by atoms with Crippen molar-refractivity contribution < 1.29 is 19.4 Å². The van der Waals surface area contributed by atoms with Crippen molar-refractivity contribution in [1.29, 1.82) is 0 Å². The van der Waals surface area contributed by atoms with Gasteiger partial charge in [-0.2, -0.15) is 0 Å². The zero-order valence-corrected chi connectivity index (χ0v) is 17.4. The molecule has 0 unspecified atom stereocenters. The van der Waals surface area contributed by atoms with E-state index in [2.05, 4.69) is 29.6 Å². The van der Waals surface area contributed by atoms with Crippen LogP contribution in [0, 0.1) is 6.92 Å². The third-order valence-electron chi connectivity index (χ3n) is 5.69. The second kappa shape index (κ2) is 9.04. The molecule has 1 amide bonds. The number of fused-ring (bicyclic) bond motifs is 3. The molecule has 2 N–H and O–H groups in total. The second-order valence-electron chi connectivity index (χ2n) is 7.95. The van der Waals surface area contributed by atoms with Crippen LogP contribution in [0.4, 0.5) is 4.79 Å². The molecular weight excluding hydrogens is 390 g/mol. The summed E-state index contributed by atoms with van der Waals surface area (Å²) in [6, 6.07) is 23.6. The van der Waals surface area contributed by atoms with Crippen LogP contribution in [-0.4, -0.2) is 29.8 Å². The van der Waals surface area contributed by atoms with Gasteiger partial charge >= 0.3 is 12.1 Å². The molecule has 158 valence electrons. The van der Waals surface area contributed by atoms with Crippen LogP contribution in [0.3, 0.4) is 0 Å². The highest BCUT2D eigenvalue weighted by atomic mass is 16.5. The normalized spacial score (nSPS) is 13.2. The van der Waals surface area contributed by atoms with Gasteiger partial charge in [-0.3, -0.25) is 4.79 Å². The van der Waals surface area contributed by atoms with E-state index in [1.54, 1.807) is 0 Å². The van der Waals surface area contributed by atoms with Gasteiger partial charge in [0, 0.05) is 12.0 Å². The minimum atomic E-state index is -0.962. The fourth-order valence-corrected chi connectivity index (χ4v) is 4.20. The number of aliphatic carboxylic acids is 1. The molecule has 0 aromatic heterocycles. The van der Waals surface area contributed by atoms with Gasteiger partial charge in [0.25, 0.3) is 0 Å². The van der Waals surface area contributed by atoms with Crippen molar-refractivity contribution in [3.8, 4) is 11.1 Å². The number of carbonyl (C=O) groups is 2. The Kier molecular flexibility index (Phi) is 6.03. The Labute approximate surface area is 181 Å². The lowest BCUT2D eigenvalue weighted by molar-refractivity contribution is -0.137. The Balaban J connectivity index is 1.42. The van der Waals surface area contributed by atoms with Crippen molar-refractivity contribution >= 4 is 12.1 Å². The van der Waals surface area contributed by atoms with Gasteiger partial charge in [-0.15, -0.1) is 0 Å². The van der Waals surface area contributed by atoms with Gasteiger partial charge in [0.1, 0.15) is 6.61 Å². The van der Waals surface area contributed by atoms with Crippen LogP contribution in [0.2, 0.25) is 0 Å². The number of benzene rings is 3. The van der Waals surface area contributed by atoms with Crippen molar-refractivity contribution in [3.63, 3.8) is 0 Å². The van der Waals surface area contributed by atoms with Gasteiger partial charge in [0.15, 0.2) is 0 Å². The van der Waals surface area contributed by atoms with Gasteiger partial charge in [-0.25, -0.2) is 4.79 Å². The first-order valence-corrected chi connectivity index (χ1v) is 10.4. The summed E-state index contributed by atoms with van der Waals surface area (Å²) >= 11 is 0. The fourth-order valence-electron chi connectivity index (χ4n) is 4.20. The monoisotopic (exact) mass is 415 g/mol. The number of carboxylic acids is 1. The van der Waals surface area contributed by atoms with Crippen molar-refractivity contribution in [3.05, 3.63) is 95.1 Å². The highest BCUT2D eigenvalue weighted by Crippen LogP contribution is 2.44. The Hall–Kier alpha value is -3.60. The Morgan fingerprint density at radius 2 is 1.52 bits per heavy atom. The maximum Gasteiger partial charge on any atom is 0.407 e. The molecule has 0 fully saturated rings. The van der Waals surface area contributed by atoms with E-state index in [-0.39, 0.29) is 18.9 Å². The van der Waals surface area contributed by atoms with E-state index in [0.29, 0.717) is 6.42 Å². The molecule has 0 bridgehead atoms. The first-order chi connectivity index (χ1) is 15.0. The van der Waals surface area contributed by atoms with Crippen LogP contribution in [0.15, 0.2) is 72.8 Å². The largest absolute Gasteiger partial charge is 0.481 e. The molecular formula is C26H25NO4. The summed E-state index contributed by atoms with van der Waals surface area (Å²) in [6.07, 6.45) is -0.338. The summed E-state index contributed by atoms with van der Waals surface area (Å²) in [5.74, 6) is -0.996. The number of hydrogen-bond donors (Lipinski definition) is 2. The van der Waals surface area contributed by atoms with Crippen molar-refractivity contribution in [1.82, 2.24) is 5.32 Å². The van der Waals surface area contributed by atoms with Crippen LogP contribution in [0.25, 0.3) is 11.1 Å². The maximum atomic E-state index is 12.5. The van der Waals surface area contributed by atoms with Gasteiger partial charge in [-0.1, -0.05) is 78.4 Å². The molecule has 4 rings (SSSR count). The Morgan fingerprint density at radius 1 is 0.935 bits per heavy atom. The van der Waals surface area contributed by atoms with Gasteiger partial charge in [-0.05, 0) is 41.2 Å². The Bertz CT molecular complexity index is 1050. The van der Waals surface area contributed by atoms with E-state index in [1.165, 1.54) is 0 Å². The zero-order valence-electron chi connectivity index (χ0n) is 17.4. The maximum absolute atomic E-state index is 12.5. The predicted molar refractivity (Wildman–Crippen MR) is 119 cm³/mol. The van der Waals surface area contributed by atoms with Crippen LogP contribution >= 0.6 is 0 Å². The molecule has 3 aromatic carbocycles. The SMILES string of the molecule is Cc1ccc(C[C@@H](CC(=O)O)NC(=O)OCC2c3ccccc3-c3ccccc32)cc1. The molecule has 0 saturated heterocycles. The molecule has 0 saturated carbocycles. The highest BCUT2D eigenvalue weighted by Gasteiger charge is 2.29. The summed E-state index contributed by atoms with van der Waals surface area (Å²) in [7, 11) is 0. The summed E-state index contributed by atoms with van der Waals surface area (Å²) < 4.78 is 5.57. The fraction of sp³-hybridized carbons (Fsp3) is 0.231. The molecule has 5 nitrogen and oxygen atoms in total. The third kappa shape index (κ3) is 4.77. The average Bonchev–Trinajstić information content (AvgIpc) is 3.07. The van der Waals surface area contributed by atoms with E-state index in [4.69, 9.17) is 4.74 Å². The molecule has 1 atom stereocenters. The summed E-state index contributed by atoms with van der Waals surface area (Å²) in [4.78, 5) is 23.8. The van der Waals surface area contributed by atoms with Gasteiger partial charge in [0.05, 0.1) is 6.42 Å². The average molecular weight is 415 g/mol. The van der Waals surface area contributed by atoms with Crippen LogP contribution in [0.5, 0.6) is 0 Å². The Morgan fingerprint density at radius 3 is 2.10 bits per heavy atom. The second-order valence-corrected chi connectivity index (χ2v) is 7.95. The first kappa shape index (κ1) is 20.7. The molecule has 0 spiro atoms. The first-order valence-electron chi connectivity index (χ1n) is 10.4. The van der Waals surface area contributed by atoms with Gasteiger partial charge < -0.3 is 15.2 Å². The van der Waals surface area contributed by atoms with E-state index < -0.39 is 18.1 Å². The number of ether oxygens (including phenoxy) is 1. The third-order valence-corrected chi connectivity index (χ3v) is 5.69. The molecule has 31 heavy (non-hydrogen) atoms. The predicted octanol–water partition coefficient (Wildman–Crippen LogP) is 4.92. The molecule has 1 aliphatic rings. The number of alkyl carbamates (subject to hydrolysis) is 1. The van der Waals surface area contributed by atoms with E-state index in [9.17, 15) is 14.7 Å². The van der Waals surface area contributed by atoms with Crippen molar-refractivity contribution in [2.75, 3.05) is 6.61 Å². The standard InChI is InChI=1S/C26H25NO4/c1-17-10-12-18(13-11-17)14-19(15-25(28)29)27-26(30)31-16-24-22-8-4-2-6-20(22)21-7-3-5-9-23(21)24/h2-13,19,24H,14-16H2,1H3,(H,27,30)(H,28,29)/t19-/m0/s1. The number of amides is 1. The summed E-state index contributed by atoms with van der Waals surface area (Å²) in [5, 5.41) is 12.0. The molecule has 0 radical (unpaired) electrons. The lowest BCUT2D eigenvalue weighted by Gasteiger charge is -2.19. The van der Waals surface area contributed by atoms with Crippen LogP contribution < -0.4 is 5.32 Å². The van der Waals surface area contributed by atoms with E-state index >= 15 is 0 Å². The molecule has 3 aromatic rings. The lowest BCUT2D eigenvalue weighted by atomic mass is 9.98. The van der Waals surface area contributed by atoms with Crippen molar-refractivity contribution in [2.45, 2.75) is 31.7 Å². The topological polar surface area (TPSA) is 75.6 Å². The van der Waals surface area contributed by atoms with E-state index in [1.807, 2.05) is 55.5 Å². The number of nitrogens with one attached hydrogen (secondary N) is 1. The number of hydrogen-bond acceptors (Lipinski definition) is 3. The van der Waals surface area contributed by atoms with Crippen molar-refractivity contribution in [2.24, 2.45) is 0 Å². The van der Waals surface area contributed by atoms with Gasteiger partial charge in [0.2, 0.25) is 0 Å². The summed E-state index contributed by atoms with van der Waals surface area (Å²) in [6.45, 7) is 2.19. The smallest absolute Gasteiger partial charge is 0.407 e. The number of aryl methyl sites for hydroxylation is 1. The molecule has 5 heteroatoms.